The fraction of sp³-hybridized carbons (Fsp3) is 0.167. The zero-order valence-electron chi connectivity index (χ0n) is 18.7. The normalized spacial score (nSPS) is 14.7. The van der Waals surface area contributed by atoms with Gasteiger partial charge in [-0.25, -0.2) is 4.68 Å². The third kappa shape index (κ3) is 5.23. The number of nitrogens with zero attached hydrogens (tertiary/aromatic N) is 3. The molecule has 1 aromatic heterocycles. The SMILES string of the molecule is Cc1c(NC(=O)CCN2C(=O)/C(=C/c3ccc(Cl)cc3Cl)SC2=S)c(=O)n(-c2ccccc2)n1C. The van der Waals surface area contributed by atoms with Crippen LogP contribution < -0.4 is 10.9 Å². The summed E-state index contributed by atoms with van der Waals surface area (Å²) in [5.41, 5.74) is 1.81. The van der Waals surface area contributed by atoms with Crippen molar-refractivity contribution in [3.63, 3.8) is 0 Å². The van der Waals surface area contributed by atoms with Gasteiger partial charge in [0.2, 0.25) is 5.91 Å². The number of benzene rings is 2. The van der Waals surface area contributed by atoms with E-state index >= 15 is 0 Å². The van der Waals surface area contributed by atoms with E-state index in [1.165, 1.54) is 9.58 Å². The van der Waals surface area contributed by atoms with Crippen molar-refractivity contribution in [2.45, 2.75) is 13.3 Å². The molecule has 1 N–H and O–H groups in total. The Bertz CT molecular complexity index is 1430. The molecule has 2 aromatic carbocycles. The molecule has 180 valence electrons. The zero-order chi connectivity index (χ0) is 25.3. The molecule has 1 saturated heterocycles. The fourth-order valence-electron chi connectivity index (χ4n) is 3.58. The average molecular weight is 547 g/mol. The first kappa shape index (κ1) is 25.2. The summed E-state index contributed by atoms with van der Waals surface area (Å²) in [6, 6.07) is 14.1. The predicted molar refractivity (Wildman–Crippen MR) is 145 cm³/mol. The summed E-state index contributed by atoms with van der Waals surface area (Å²) in [7, 11) is 1.75. The van der Waals surface area contributed by atoms with Crippen molar-refractivity contribution in [3.8, 4) is 5.69 Å². The number of nitrogens with one attached hydrogen (secondary N) is 1. The Morgan fingerprint density at radius 1 is 1.14 bits per heavy atom. The summed E-state index contributed by atoms with van der Waals surface area (Å²) in [6.45, 7) is 1.84. The lowest BCUT2D eigenvalue weighted by Crippen LogP contribution is -2.32. The molecule has 35 heavy (non-hydrogen) atoms. The number of carbonyl (C=O) groups is 2. The Labute approximate surface area is 221 Å². The van der Waals surface area contributed by atoms with Crippen molar-refractivity contribution < 1.29 is 9.59 Å². The topological polar surface area (TPSA) is 76.3 Å². The second kappa shape index (κ2) is 10.4. The van der Waals surface area contributed by atoms with Crippen molar-refractivity contribution in [2.24, 2.45) is 7.05 Å². The Balaban J connectivity index is 1.45. The molecule has 0 radical (unpaired) electrons. The minimum atomic E-state index is -0.394. The quantitative estimate of drug-likeness (QED) is 0.347. The number of aromatic nitrogens is 2. The number of rotatable bonds is 6. The summed E-state index contributed by atoms with van der Waals surface area (Å²) in [4.78, 5) is 40.3. The molecule has 0 bridgehead atoms. The van der Waals surface area contributed by atoms with Crippen LogP contribution in [0.3, 0.4) is 0 Å². The smallest absolute Gasteiger partial charge is 0.295 e. The van der Waals surface area contributed by atoms with Gasteiger partial charge in [0.1, 0.15) is 10.0 Å². The molecular formula is C24H20Cl2N4O3S2. The van der Waals surface area contributed by atoms with Crippen LogP contribution >= 0.6 is 47.2 Å². The molecular weight excluding hydrogens is 527 g/mol. The van der Waals surface area contributed by atoms with Crippen molar-refractivity contribution in [1.29, 1.82) is 0 Å². The van der Waals surface area contributed by atoms with Gasteiger partial charge in [-0.1, -0.05) is 71.4 Å². The van der Waals surface area contributed by atoms with E-state index in [4.69, 9.17) is 35.4 Å². The van der Waals surface area contributed by atoms with Crippen LogP contribution in [0.1, 0.15) is 17.7 Å². The molecule has 1 aliphatic heterocycles. The van der Waals surface area contributed by atoms with Gasteiger partial charge in [-0.15, -0.1) is 0 Å². The van der Waals surface area contributed by atoms with Crippen LogP contribution in [-0.2, 0) is 16.6 Å². The summed E-state index contributed by atoms with van der Waals surface area (Å²) in [5, 5.41) is 3.61. The monoisotopic (exact) mass is 546 g/mol. The summed E-state index contributed by atoms with van der Waals surface area (Å²) in [5.74, 6) is -0.698. The van der Waals surface area contributed by atoms with E-state index in [2.05, 4.69) is 5.32 Å². The van der Waals surface area contributed by atoms with E-state index in [0.717, 1.165) is 11.8 Å². The van der Waals surface area contributed by atoms with Gasteiger partial charge in [-0.05, 0) is 42.8 Å². The van der Waals surface area contributed by atoms with E-state index in [-0.39, 0.29) is 30.1 Å². The van der Waals surface area contributed by atoms with Crippen LogP contribution in [0.25, 0.3) is 11.8 Å². The van der Waals surface area contributed by atoms with Crippen molar-refractivity contribution in [3.05, 3.63) is 85.1 Å². The molecule has 0 atom stereocenters. The molecule has 2 amide bonds. The second-order valence-electron chi connectivity index (χ2n) is 7.73. The Morgan fingerprint density at radius 3 is 2.54 bits per heavy atom. The number of hydrogen-bond acceptors (Lipinski definition) is 5. The maximum absolute atomic E-state index is 13.0. The van der Waals surface area contributed by atoms with Gasteiger partial charge in [0, 0.05) is 30.1 Å². The first-order valence-corrected chi connectivity index (χ1v) is 12.5. The number of thioether (sulfide) groups is 1. The summed E-state index contributed by atoms with van der Waals surface area (Å²) in [6.07, 6.45) is 1.62. The van der Waals surface area contributed by atoms with Gasteiger partial charge < -0.3 is 5.32 Å². The van der Waals surface area contributed by atoms with Crippen molar-refractivity contribution >= 4 is 75.1 Å². The number of hydrogen-bond donors (Lipinski definition) is 1. The van der Waals surface area contributed by atoms with Crippen LogP contribution in [-0.4, -0.2) is 36.9 Å². The highest BCUT2D eigenvalue weighted by Crippen LogP contribution is 2.34. The molecule has 7 nitrogen and oxygen atoms in total. The maximum atomic E-state index is 13.0. The van der Waals surface area contributed by atoms with Crippen molar-refractivity contribution in [1.82, 2.24) is 14.3 Å². The largest absolute Gasteiger partial charge is 0.320 e. The second-order valence-corrected chi connectivity index (χ2v) is 10.3. The van der Waals surface area contributed by atoms with Crippen LogP contribution in [0, 0.1) is 6.92 Å². The van der Waals surface area contributed by atoms with Gasteiger partial charge in [0.05, 0.1) is 16.3 Å². The third-order valence-electron chi connectivity index (χ3n) is 5.50. The van der Waals surface area contributed by atoms with E-state index in [9.17, 15) is 14.4 Å². The molecule has 0 saturated carbocycles. The fourth-order valence-corrected chi connectivity index (χ4v) is 5.34. The lowest BCUT2D eigenvalue weighted by molar-refractivity contribution is -0.122. The van der Waals surface area contributed by atoms with E-state index < -0.39 is 5.91 Å². The Kier molecular flexibility index (Phi) is 7.51. The van der Waals surface area contributed by atoms with Gasteiger partial charge in [0.15, 0.2) is 0 Å². The molecule has 1 aliphatic rings. The van der Waals surface area contributed by atoms with Crippen molar-refractivity contribution in [2.75, 3.05) is 11.9 Å². The highest BCUT2D eigenvalue weighted by molar-refractivity contribution is 8.26. The van der Waals surface area contributed by atoms with Crippen LogP contribution in [0.15, 0.2) is 58.2 Å². The first-order chi connectivity index (χ1) is 16.7. The van der Waals surface area contributed by atoms with Crippen LogP contribution in [0.4, 0.5) is 5.69 Å². The molecule has 3 aromatic rings. The van der Waals surface area contributed by atoms with Crippen LogP contribution in [0.2, 0.25) is 10.0 Å². The number of anilines is 1. The minimum Gasteiger partial charge on any atom is -0.320 e. The predicted octanol–water partition coefficient (Wildman–Crippen LogP) is 5.02. The molecule has 2 heterocycles. The Hall–Kier alpha value is -2.85. The number of halogens is 2. The zero-order valence-corrected chi connectivity index (χ0v) is 21.9. The average Bonchev–Trinajstić information content (AvgIpc) is 3.21. The highest BCUT2D eigenvalue weighted by atomic mass is 35.5. The number of para-hydroxylation sites is 1. The lowest BCUT2D eigenvalue weighted by Gasteiger charge is -2.14. The van der Waals surface area contributed by atoms with Gasteiger partial charge >= 0.3 is 0 Å². The Morgan fingerprint density at radius 2 is 1.86 bits per heavy atom. The highest BCUT2D eigenvalue weighted by Gasteiger charge is 2.32. The van der Waals surface area contributed by atoms with Gasteiger partial charge in [0.25, 0.3) is 11.5 Å². The molecule has 0 spiro atoms. The first-order valence-electron chi connectivity index (χ1n) is 10.5. The minimum absolute atomic E-state index is 0.0272. The summed E-state index contributed by atoms with van der Waals surface area (Å²) < 4.78 is 3.52. The summed E-state index contributed by atoms with van der Waals surface area (Å²) >= 11 is 18.6. The van der Waals surface area contributed by atoms with Gasteiger partial charge in [-0.2, -0.15) is 0 Å². The number of amides is 2. The molecule has 0 aliphatic carbocycles. The standard InChI is InChI=1S/C24H20Cl2N4O3S2/c1-14-21(23(33)30(28(14)2)17-6-4-3-5-7-17)27-20(31)10-11-29-22(32)19(35-24(29)34)12-15-8-9-16(25)13-18(15)26/h3-9,12-13H,10-11H2,1-2H3,(H,27,31)/b19-12-. The maximum Gasteiger partial charge on any atom is 0.295 e. The van der Waals surface area contributed by atoms with Crippen LogP contribution in [0.5, 0.6) is 0 Å². The van der Waals surface area contributed by atoms with E-state index in [1.54, 1.807) is 42.9 Å². The van der Waals surface area contributed by atoms with Gasteiger partial charge in [-0.3, -0.25) is 24.0 Å². The van der Waals surface area contributed by atoms with E-state index in [0.29, 0.717) is 36.2 Å². The molecule has 0 unspecified atom stereocenters. The number of thiocarbonyl (C=S) groups is 1. The molecule has 11 heteroatoms. The number of carbonyl (C=O) groups excluding carboxylic acids is 2. The molecule has 1 fully saturated rings. The molecule has 4 rings (SSSR count). The lowest BCUT2D eigenvalue weighted by atomic mass is 10.2. The third-order valence-corrected chi connectivity index (χ3v) is 7.44. The van der Waals surface area contributed by atoms with E-state index in [1.807, 2.05) is 30.3 Å².